The summed E-state index contributed by atoms with van der Waals surface area (Å²) < 4.78 is 50.2. The lowest BCUT2D eigenvalue weighted by molar-refractivity contribution is 0.0489. The molecule has 1 aromatic rings. The second-order valence-corrected chi connectivity index (χ2v) is 6.59. The van der Waals surface area contributed by atoms with E-state index in [1.165, 1.54) is 19.2 Å². The van der Waals surface area contributed by atoms with Crippen LogP contribution in [0.2, 0.25) is 0 Å². The Hall–Kier alpha value is -1.87. The summed E-state index contributed by atoms with van der Waals surface area (Å²) in [5.74, 6) is -0.223. The molecule has 1 aromatic carbocycles. The van der Waals surface area contributed by atoms with Crippen molar-refractivity contribution in [3.8, 4) is 5.75 Å². The van der Waals surface area contributed by atoms with Crippen LogP contribution in [-0.4, -0.2) is 34.0 Å². The number of ether oxygens (including phenoxy) is 3. The summed E-state index contributed by atoms with van der Waals surface area (Å²) in [4.78, 5) is 10.9. The van der Waals surface area contributed by atoms with Crippen molar-refractivity contribution in [1.82, 2.24) is 0 Å². The molecular formula is C13H18FNO6S. The molecule has 1 N–H and O–H groups in total. The third-order valence-electron chi connectivity index (χ3n) is 2.18. The molecule has 0 heterocycles. The number of rotatable bonds is 5. The standard InChI is InChI=1S/C13H18FNO6S/c1-13(2,3)21-12(16)15-9-5-6-10(20-8-19-4)11(7-9)22(14,17)18/h5-7H,8H2,1-4H3,(H,15,16). The van der Waals surface area contributed by atoms with Crippen molar-refractivity contribution < 1.29 is 31.3 Å². The van der Waals surface area contributed by atoms with E-state index < -0.39 is 26.8 Å². The van der Waals surface area contributed by atoms with Crippen LogP contribution in [0.5, 0.6) is 5.75 Å². The molecule has 0 saturated carbocycles. The Bertz CT molecular complexity index is 638. The summed E-state index contributed by atoms with van der Waals surface area (Å²) >= 11 is 0. The van der Waals surface area contributed by atoms with Gasteiger partial charge in [0.05, 0.1) is 0 Å². The summed E-state index contributed by atoms with van der Waals surface area (Å²) in [6.45, 7) is 4.77. The number of methoxy groups -OCH3 is 1. The van der Waals surface area contributed by atoms with E-state index in [4.69, 9.17) is 9.47 Å². The van der Waals surface area contributed by atoms with Crippen molar-refractivity contribution in [3.05, 3.63) is 18.2 Å². The summed E-state index contributed by atoms with van der Waals surface area (Å²) in [7, 11) is -3.69. The van der Waals surface area contributed by atoms with E-state index in [1.807, 2.05) is 0 Å². The van der Waals surface area contributed by atoms with Crippen molar-refractivity contribution >= 4 is 22.0 Å². The molecule has 1 amide bonds. The molecule has 22 heavy (non-hydrogen) atoms. The monoisotopic (exact) mass is 335 g/mol. The van der Waals surface area contributed by atoms with E-state index in [0.717, 1.165) is 6.07 Å². The number of carbonyl (C=O) groups is 1. The minimum Gasteiger partial charge on any atom is -0.466 e. The minimum atomic E-state index is -5.03. The van der Waals surface area contributed by atoms with E-state index in [9.17, 15) is 17.1 Å². The van der Waals surface area contributed by atoms with Gasteiger partial charge in [-0.2, -0.15) is 8.42 Å². The fourth-order valence-corrected chi connectivity index (χ4v) is 2.07. The minimum absolute atomic E-state index is 0.0511. The molecule has 0 unspecified atom stereocenters. The van der Waals surface area contributed by atoms with Crippen LogP contribution < -0.4 is 10.1 Å². The average Bonchev–Trinajstić information content (AvgIpc) is 2.33. The van der Waals surface area contributed by atoms with Gasteiger partial charge in [0.2, 0.25) is 0 Å². The van der Waals surface area contributed by atoms with E-state index in [1.54, 1.807) is 20.8 Å². The summed E-state index contributed by atoms with van der Waals surface area (Å²) in [5.41, 5.74) is -0.670. The number of halogens is 1. The van der Waals surface area contributed by atoms with Gasteiger partial charge >= 0.3 is 16.3 Å². The van der Waals surface area contributed by atoms with Gasteiger partial charge in [0, 0.05) is 12.8 Å². The highest BCUT2D eigenvalue weighted by atomic mass is 32.3. The second-order valence-electron chi connectivity index (χ2n) is 5.28. The van der Waals surface area contributed by atoms with Crippen LogP contribution in [0.1, 0.15) is 20.8 Å². The van der Waals surface area contributed by atoms with Gasteiger partial charge in [0.15, 0.2) is 6.79 Å². The summed E-state index contributed by atoms with van der Waals surface area (Å²) in [6, 6.07) is 3.49. The second kappa shape index (κ2) is 6.93. The first-order chi connectivity index (χ1) is 10.0. The number of nitrogens with one attached hydrogen (secondary N) is 1. The van der Waals surface area contributed by atoms with Gasteiger partial charge < -0.3 is 14.2 Å². The zero-order valence-electron chi connectivity index (χ0n) is 12.7. The van der Waals surface area contributed by atoms with Crippen molar-refractivity contribution in [1.29, 1.82) is 0 Å². The molecule has 0 fully saturated rings. The van der Waals surface area contributed by atoms with Gasteiger partial charge in [-0.05, 0) is 39.0 Å². The lowest BCUT2D eigenvalue weighted by Gasteiger charge is -2.20. The van der Waals surface area contributed by atoms with Crippen molar-refractivity contribution in [2.75, 3.05) is 19.2 Å². The Morgan fingerprint density at radius 3 is 2.45 bits per heavy atom. The molecule has 0 aliphatic rings. The van der Waals surface area contributed by atoms with Crippen LogP contribution in [0.4, 0.5) is 14.4 Å². The summed E-state index contributed by atoms with van der Waals surface area (Å²) in [6.07, 6.45) is -0.791. The normalized spacial score (nSPS) is 11.9. The number of hydrogen-bond acceptors (Lipinski definition) is 6. The van der Waals surface area contributed by atoms with Crippen molar-refractivity contribution in [2.45, 2.75) is 31.3 Å². The number of anilines is 1. The highest BCUT2D eigenvalue weighted by Gasteiger charge is 2.21. The SMILES string of the molecule is COCOc1ccc(NC(=O)OC(C)(C)C)cc1S(=O)(=O)F. The lowest BCUT2D eigenvalue weighted by Crippen LogP contribution is -2.27. The number of benzene rings is 1. The molecule has 9 heteroatoms. The van der Waals surface area contributed by atoms with Gasteiger partial charge in [-0.25, -0.2) is 4.79 Å². The van der Waals surface area contributed by atoms with Crippen LogP contribution in [-0.2, 0) is 19.7 Å². The van der Waals surface area contributed by atoms with Gasteiger partial charge in [-0.1, -0.05) is 0 Å². The zero-order chi connectivity index (χ0) is 17.0. The molecule has 0 radical (unpaired) electrons. The predicted molar refractivity (Wildman–Crippen MR) is 77.1 cm³/mol. The highest BCUT2D eigenvalue weighted by molar-refractivity contribution is 7.86. The van der Waals surface area contributed by atoms with Crippen molar-refractivity contribution in [3.63, 3.8) is 0 Å². The number of amides is 1. The van der Waals surface area contributed by atoms with E-state index in [2.05, 4.69) is 10.1 Å². The Morgan fingerprint density at radius 2 is 1.95 bits per heavy atom. The van der Waals surface area contributed by atoms with E-state index in [0.29, 0.717) is 0 Å². The molecule has 1 rings (SSSR count). The third-order valence-corrected chi connectivity index (χ3v) is 3.03. The Kier molecular flexibility index (Phi) is 5.72. The van der Waals surface area contributed by atoms with E-state index in [-0.39, 0.29) is 18.2 Å². The smallest absolute Gasteiger partial charge is 0.412 e. The van der Waals surface area contributed by atoms with E-state index >= 15 is 0 Å². The lowest BCUT2D eigenvalue weighted by atomic mass is 10.2. The average molecular weight is 335 g/mol. The molecule has 0 aromatic heterocycles. The Morgan fingerprint density at radius 1 is 1.32 bits per heavy atom. The molecule has 7 nitrogen and oxygen atoms in total. The summed E-state index contributed by atoms with van der Waals surface area (Å²) in [5, 5.41) is 2.32. The molecule has 0 aliphatic carbocycles. The fraction of sp³-hybridized carbons (Fsp3) is 0.462. The topological polar surface area (TPSA) is 90.9 Å². The third kappa shape index (κ3) is 5.86. The molecule has 124 valence electrons. The fourth-order valence-electron chi connectivity index (χ4n) is 1.44. The van der Waals surface area contributed by atoms with Crippen molar-refractivity contribution in [2.24, 2.45) is 0 Å². The first kappa shape index (κ1) is 18.2. The Balaban J connectivity index is 3.02. The van der Waals surface area contributed by atoms with Crippen LogP contribution >= 0.6 is 0 Å². The molecule has 0 spiro atoms. The predicted octanol–water partition coefficient (Wildman–Crippen LogP) is 2.67. The molecule has 0 atom stereocenters. The zero-order valence-corrected chi connectivity index (χ0v) is 13.5. The van der Waals surface area contributed by atoms with Crippen LogP contribution in [0, 0.1) is 0 Å². The van der Waals surface area contributed by atoms with Gasteiger partial charge in [0.25, 0.3) is 0 Å². The molecule has 0 aliphatic heterocycles. The van der Waals surface area contributed by atoms with Gasteiger partial charge in [0.1, 0.15) is 16.2 Å². The van der Waals surface area contributed by atoms with Crippen LogP contribution in [0.3, 0.4) is 0 Å². The number of carbonyl (C=O) groups excluding carboxylic acids is 1. The highest BCUT2D eigenvalue weighted by Crippen LogP contribution is 2.29. The van der Waals surface area contributed by atoms with Crippen LogP contribution in [0.15, 0.2) is 23.1 Å². The maximum Gasteiger partial charge on any atom is 0.412 e. The van der Waals surface area contributed by atoms with Gasteiger partial charge in [-0.3, -0.25) is 5.32 Å². The maximum absolute atomic E-state index is 13.3. The molecular weight excluding hydrogens is 317 g/mol. The Labute approximate surface area is 128 Å². The molecule has 0 bridgehead atoms. The van der Waals surface area contributed by atoms with Crippen LogP contribution in [0.25, 0.3) is 0 Å². The first-order valence-electron chi connectivity index (χ1n) is 6.23. The van der Waals surface area contributed by atoms with Gasteiger partial charge in [-0.15, -0.1) is 3.89 Å². The quantitative estimate of drug-likeness (QED) is 0.657. The molecule has 0 saturated heterocycles. The number of hydrogen-bond donors (Lipinski definition) is 1. The first-order valence-corrected chi connectivity index (χ1v) is 7.62. The largest absolute Gasteiger partial charge is 0.466 e. The maximum atomic E-state index is 13.3.